The molecule has 0 saturated carbocycles. The third-order valence-corrected chi connectivity index (χ3v) is 2.44. The van der Waals surface area contributed by atoms with Crippen molar-refractivity contribution in [2.24, 2.45) is 5.92 Å². The maximum atomic E-state index is 11.3. The Morgan fingerprint density at radius 2 is 2.06 bits per heavy atom. The largest absolute Gasteiger partial charge is 0.466 e. The monoisotopic (exact) mass is 226 g/mol. The lowest BCUT2D eigenvalue weighted by molar-refractivity contribution is -0.147. The molecule has 0 aliphatic carbocycles. The van der Waals surface area contributed by atoms with Crippen LogP contribution < -0.4 is 0 Å². The van der Waals surface area contributed by atoms with Crippen molar-refractivity contribution >= 4 is 12.3 Å². The zero-order valence-corrected chi connectivity index (χ0v) is 10.5. The van der Waals surface area contributed by atoms with E-state index in [1.807, 2.05) is 20.8 Å². The molecule has 0 aromatic carbocycles. The summed E-state index contributed by atoms with van der Waals surface area (Å²) in [6.45, 7) is 6.15. The summed E-state index contributed by atoms with van der Waals surface area (Å²) < 4.78 is 4.92. The van der Waals surface area contributed by atoms with Gasteiger partial charge in [0.05, 0.1) is 12.5 Å². The van der Waals surface area contributed by atoms with Gasteiger partial charge in [-0.05, 0) is 33.1 Å². The Balaban J connectivity index is 3.78. The van der Waals surface area contributed by atoms with Crippen LogP contribution in [0.2, 0.25) is 0 Å². The van der Waals surface area contributed by atoms with Crippen LogP contribution in [0.3, 0.4) is 0 Å². The highest BCUT2D eigenvalue weighted by Gasteiger charge is 2.12. The number of hydrogen-bond acceptors (Lipinski definition) is 3. The number of ether oxygens (including phenoxy) is 1. The second kappa shape index (κ2) is 9.13. The summed E-state index contributed by atoms with van der Waals surface area (Å²) in [6, 6.07) is 0. The van der Waals surface area contributed by atoms with Gasteiger partial charge in [0, 0.05) is 6.42 Å². The fraction of sp³-hybridized carbons (Fsp3) is 0.692. The number of esters is 1. The molecule has 0 aromatic heterocycles. The van der Waals surface area contributed by atoms with Crippen molar-refractivity contribution < 1.29 is 14.3 Å². The van der Waals surface area contributed by atoms with Crippen LogP contribution in [0.25, 0.3) is 0 Å². The van der Waals surface area contributed by atoms with E-state index < -0.39 is 0 Å². The Kier molecular flexibility index (Phi) is 8.49. The van der Waals surface area contributed by atoms with Crippen LogP contribution in [-0.2, 0) is 14.3 Å². The molecule has 92 valence electrons. The SMILES string of the molecule is CCOC(=O)C(C)CCC=C(C)CCC=O. The minimum atomic E-state index is -0.124. The normalized spacial score (nSPS) is 13.3. The molecule has 3 heteroatoms. The summed E-state index contributed by atoms with van der Waals surface area (Å²) in [5, 5.41) is 0. The van der Waals surface area contributed by atoms with Gasteiger partial charge in [-0.25, -0.2) is 0 Å². The third-order valence-electron chi connectivity index (χ3n) is 2.44. The van der Waals surface area contributed by atoms with Crippen molar-refractivity contribution in [1.29, 1.82) is 0 Å². The lowest BCUT2D eigenvalue weighted by Crippen LogP contribution is -2.14. The summed E-state index contributed by atoms with van der Waals surface area (Å²) in [5.41, 5.74) is 1.21. The van der Waals surface area contributed by atoms with Crippen LogP contribution in [0, 0.1) is 5.92 Å². The third kappa shape index (κ3) is 7.21. The van der Waals surface area contributed by atoms with Crippen LogP contribution in [-0.4, -0.2) is 18.9 Å². The van der Waals surface area contributed by atoms with E-state index in [0.29, 0.717) is 13.0 Å². The lowest BCUT2D eigenvalue weighted by Gasteiger charge is -2.08. The van der Waals surface area contributed by atoms with Gasteiger partial charge < -0.3 is 9.53 Å². The van der Waals surface area contributed by atoms with Crippen molar-refractivity contribution in [3.05, 3.63) is 11.6 Å². The molecule has 3 nitrogen and oxygen atoms in total. The van der Waals surface area contributed by atoms with Crippen LogP contribution >= 0.6 is 0 Å². The Labute approximate surface area is 97.9 Å². The molecule has 0 N–H and O–H groups in total. The van der Waals surface area contributed by atoms with E-state index >= 15 is 0 Å². The quantitative estimate of drug-likeness (QED) is 0.363. The molecule has 0 radical (unpaired) electrons. The van der Waals surface area contributed by atoms with Gasteiger partial charge in [-0.1, -0.05) is 18.6 Å². The minimum absolute atomic E-state index is 0.0462. The Morgan fingerprint density at radius 1 is 1.38 bits per heavy atom. The van der Waals surface area contributed by atoms with Crippen LogP contribution in [0.15, 0.2) is 11.6 Å². The molecule has 0 rings (SSSR count). The summed E-state index contributed by atoms with van der Waals surface area (Å²) in [7, 11) is 0. The highest BCUT2D eigenvalue weighted by Crippen LogP contribution is 2.11. The number of rotatable bonds is 8. The molecule has 16 heavy (non-hydrogen) atoms. The van der Waals surface area contributed by atoms with Gasteiger partial charge in [-0.15, -0.1) is 0 Å². The Morgan fingerprint density at radius 3 is 2.62 bits per heavy atom. The van der Waals surface area contributed by atoms with E-state index in [4.69, 9.17) is 4.74 Å². The predicted octanol–water partition coefficient (Wildman–Crippen LogP) is 2.89. The van der Waals surface area contributed by atoms with Crippen molar-refractivity contribution in [3.8, 4) is 0 Å². The fourth-order valence-corrected chi connectivity index (χ4v) is 1.37. The van der Waals surface area contributed by atoms with Crippen molar-refractivity contribution in [2.75, 3.05) is 6.61 Å². The highest BCUT2D eigenvalue weighted by atomic mass is 16.5. The van der Waals surface area contributed by atoms with Crippen molar-refractivity contribution in [1.82, 2.24) is 0 Å². The molecular formula is C13H22O3. The van der Waals surface area contributed by atoms with Crippen LogP contribution in [0.1, 0.15) is 46.5 Å². The van der Waals surface area contributed by atoms with Gasteiger partial charge in [-0.2, -0.15) is 0 Å². The topological polar surface area (TPSA) is 43.4 Å². The van der Waals surface area contributed by atoms with Crippen LogP contribution in [0.5, 0.6) is 0 Å². The molecule has 0 heterocycles. The molecule has 0 aliphatic heterocycles. The molecule has 0 aliphatic rings. The Bertz CT molecular complexity index is 244. The maximum absolute atomic E-state index is 11.3. The first-order valence-electron chi connectivity index (χ1n) is 5.87. The number of aldehydes is 1. The minimum Gasteiger partial charge on any atom is -0.466 e. The molecule has 0 fully saturated rings. The zero-order valence-electron chi connectivity index (χ0n) is 10.5. The standard InChI is InChI=1S/C13H22O3/c1-4-16-13(15)12(3)9-5-7-11(2)8-6-10-14/h7,10,12H,4-6,8-9H2,1-3H3. The first kappa shape index (κ1) is 14.9. The number of allylic oxidation sites excluding steroid dienone is 2. The average Bonchev–Trinajstić information content (AvgIpc) is 2.26. The van der Waals surface area contributed by atoms with Crippen molar-refractivity contribution in [3.63, 3.8) is 0 Å². The van der Waals surface area contributed by atoms with Gasteiger partial charge >= 0.3 is 5.97 Å². The van der Waals surface area contributed by atoms with Gasteiger partial charge in [-0.3, -0.25) is 4.79 Å². The molecule has 0 bridgehead atoms. The summed E-state index contributed by atoms with van der Waals surface area (Å²) in [4.78, 5) is 21.5. The number of carbonyl (C=O) groups is 2. The lowest BCUT2D eigenvalue weighted by atomic mass is 10.0. The summed E-state index contributed by atoms with van der Waals surface area (Å²) >= 11 is 0. The molecule has 0 amide bonds. The predicted molar refractivity (Wildman–Crippen MR) is 64.1 cm³/mol. The average molecular weight is 226 g/mol. The van der Waals surface area contributed by atoms with Crippen molar-refractivity contribution in [2.45, 2.75) is 46.5 Å². The first-order chi connectivity index (χ1) is 7.61. The molecule has 0 spiro atoms. The van der Waals surface area contributed by atoms with Crippen LogP contribution in [0.4, 0.5) is 0 Å². The number of hydrogen-bond donors (Lipinski definition) is 0. The van der Waals surface area contributed by atoms with E-state index in [2.05, 4.69) is 6.08 Å². The first-order valence-corrected chi connectivity index (χ1v) is 5.87. The van der Waals surface area contributed by atoms with Gasteiger partial charge in [0.2, 0.25) is 0 Å². The summed E-state index contributed by atoms with van der Waals surface area (Å²) in [5.74, 6) is -0.170. The Hall–Kier alpha value is -1.12. The van der Waals surface area contributed by atoms with E-state index in [1.165, 1.54) is 5.57 Å². The molecule has 1 unspecified atom stereocenters. The maximum Gasteiger partial charge on any atom is 0.308 e. The molecule has 0 saturated heterocycles. The van der Waals surface area contributed by atoms with E-state index in [9.17, 15) is 9.59 Å². The number of carbonyl (C=O) groups excluding carboxylic acids is 2. The highest BCUT2D eigenvalue weighted by molar-refractivity contribution is 5.71. The fourth-order valence-electron chi connectivity index (χ4n) is 1.37. The van der Waals surface area contributed by atoms with E-state index in [0.717, 1.165) is 25.5 Å². The van der Waals surface area contributed by atoms with Gasteiger partial charge in [0.1, 0.15) is 6.29 Å². The molecule has 1 atom stereocenters. The molecule has 0 aromatic rings. The molecular weight excluding hydrogens is 204 g/mol. The van der Waals surface area contributed by atoms with E-state index in [-0.39, 0.29) is 11.9 Å². The van der Waals surface area contributed by atoms with Gasteiger partial charge in [0.25, 0.3) is 0 Å². The summed E-state index contributed by atoms with van der Waals surface area (Å²) in [6.07, 6.45) is 6.09. The van der Waals surface area contributed by atoms with E-state index in [1.54, 1.807) is 0 Å². The zero-order chi connectivity index (χ0) is 12.4. The van der Waals surface area contributed by atoms with Gasteiger partial charge in [0.15, 0.2) is 0 Å². The second-order valence-corrected chi connectivity index (χ2v) is 3.99. The smallest absolute Gasteiger partial charge is 0.308 e. The second-order valence-electron chi connectivity index (χ2n) is 3.99.